The van der Waals surface area contributed by atoms with Crippen molar-refractivity contribution in [1.29, 1.82) is 0 Å². The van der Waals surface area contributed by atoms with E-state index in [0.29, 0.717) is 21.7 Å². The molecule has 2 aromatic heterocycles. The van der Waals surface area contributed by atoms with Crippen molar-refractivity contribution in [3.63, 3.8) is 0 Å². The van der Waals surface area contributed by atoms with Crippen LogP contribution in [0.2, 0.25) is 0 Å². The molecule has 0 radical (unpaired) electrons. The van der Waals surface area contributed by atoms with E-state index in [-0.39, 0.29) is 0 Å². The highest BCUT2D eigenvalue weighted by molar-refractivity contribution is 7.23. The minimum atomic E-state index is -4.31. The number of rotatable bonds is 7. The molecule has 0 atom stereocenters. The fraction of sp³-hybridized carbons (Fsp3) is 0.438. The third-order valence-corrected chi connectivity index (χ3v) is 5.78. The molecule has 0 N–H and O–H groups in total. The van der Waals surface area contributed by atoms with Gasteiger partial charge in [-0.05, 0) is 36.6 Å². The van der Waals surface area contributed by atoms with Crippen LogP contribution in [-0.2, 0) is 12.6 Å². The number of carbonyl (C=O) groups excluding carboxylic acids is 1. The molecular weight excluding hydrogens is 329 g/mol. The number of unbranched alkanes of at least 4 members (excludes halogenated alkanes) is 3. The Morgan fingerprint density at radius 3 is 2.45 bits per heavy atom. The van der Waals surface area contributed by atoms with Crippen molar-refractivity contribution in [3.8, 4) is 9.75 Å². The molecule has 0 unspecified atom stereocenters. The molecule has 0 saturated carbocycles. The van der Waals surface area contributed by atoms with Crippen molar-refractivity contribution in [2.24, 2.45) is 0 Å². The summed E-state index contributed by atoms with van der Waals surface area (Å²) in [6, 6.07) is 4.99. The average Bonchev–Trinajstić information content (AvgIpc) is 3.09. The second-order valence-electron chi connectivity index (χ2n) is 5.09. The molecule has 0 aliphatic heterocycles. The molecule has 6 heteroatoms. The summed E-state index contributed by atoms with van der Waals surface area (Å²) < 4.78 is 39.5. The standard InChI is InChI=1S/C16H17F3OS2/c1-2-3-4-5-6-11-9-14(22-15(11)16(17,18)19)13-8-7-12(10-20)21-13/h7-10H,2-6H2,1H3. The molecule has 0 spiro atoms. The summed E-state index contributed by atoms with van der Waals surface area (Å²) in [6.45, 7) is 2.07. The maximum Gasteiger partial charge on any atom is 0.425 e. The molecule has 0 aliphatic carbocycles. The highest BCUT2D eigenvalue weighted by atomic mass is 32.1. The number of hydrogen-bond acceptors (Lipinski definition) is 3. The van der Waals surface area contributed by atoms with E-state index in [1.807, 2.05) is 0 Å². The summed E-state index contributed by atoms with van der Waals surface area (Å²) >= 11 is 2.00. The van der Waals surface area contributed by atoms with Gasteiger partial charge in [0.1, 0.15) is 4.88 Å². The number of aryl methyl sites for hydroxylation is 1. The highest BCUT2D eigenvalue weighted by Crippen LogP contribution is 2.43. The third kappa shape index (κ3) is 4.20. The van der Waals surface area contributed by atoms with Crippen LogP contribution in [0.1, 0.15) is 52.7 Å². The number of alkyl halides is 3. The lowest BCUT2D eigenvalue weighted by Crippen LogP contribution is -2.05. The maximum atomic E-state index is 13.2. The van der Waals surface area contributed by atoms with Crippen LogP contribution < -0.4 is 0 Å². The van der Waals surface area contributed by atoms with Crippen molar-refractivity contribution in [1.82, 2.24) is 0 Å². The quantitative estimate of drug-likeness (QED) is 0.417. The van der Waals surface area contributed by atoms with Gasteiger partial charge in [-0.15, -0.1) is 22.7 Å². The van der Waals surface area contributed by atoms with Crippen molar-refractivity contribution in [2.75, 3.05) is 0 Å². The first-order chi connectivity index (χ1) is 10.5. The fourth-order valence-electron chi connectivity index (χ4n) is 2.27. The summed E-state index contributed by atoms with van der Waals surface area (Å²) in [5.74, 6) is 0. The first-order valence-electron chi connectivity index (χ1n) is 7.21. The van der Waals surface area contributed by atoms with Gasteiger partial charge in [0.05, 0.1) is 4.88 Å². The van der Waals surface area contributed by atoms with Crippen LogP contribution in [0.4, 0.5) is 13.2 Å². The third-order valence-electron chi connectivity index (χ3n) is 3.35. The van der Waals surface area contributed by atoms with Crippen LogP contribution in [0.15, 0.2) is 18.2 Å². The molecule has 22 heavy (non-hydrogen) atoms. The first-order valence-corrected chi connectivity index (χ1v) is 8.84. The molecule has 0 aliphatic rings. The lowest BCUT2D eigenvalue weighted by atomic mass is 10.1. The zero-order valence-corrected chi connectivity index (χ0v) is 13.8. The van der Waals surface area contributed by atoms with Crippen molar-refractivity contribution >= 4 is 29.0 Å². The second-order valence-corrected chi connectivity index (χ2v) is 7.26. The minimum Gasteiger partial charge on any atom is -0.297 e. The summed E-state index contributed by atoms with van der Waals surface area (Å²) in [6.07, 6.45) is 0.699. The molecule has 0 saturated heterocycles. The zero-order chi connectivity index (χ0) is 16.2. The Labute approximate surface area is 135 Å². The molecule has 2 rings (SSSR count). The van der Waals surface area contributed by atoms with E-state index in [4.69, 9.17) is 0 Å². The van der Waals surface area contributed by atoms with E-state index in [1.54, 1.807) is 18.2 Å². The van der Waals surface area contributed by atoms with E-state index in [0.717, 1.165) is 48.2 Å². The van der Waals surface area contributed by atoms with Gasteiger partial charge in [0.25, 0.3) is 0 Å². The van der Waals surface area contributed by atoms with E-state index in [9.17, 15) is 18.0 Å². The number of halogens is 3. The molecule has 120 valence electrons. The monoisotopic (exact) mass is 346 g/mol. The molecular formula is C16H17F3OS2. The van der Waals surface area contributed by atoms with Crippen LogP contribution in [0.3, 0.4) is 0 Å². The van der Waals surface area contributed by atoms with Gasteiger partial charge in [-0.1, -0.05) is 26.2 Å². The Bertz CT molecular complexity index is 626. The van der Waals surface area contributed by atoms with Crippen LogP contribution in [-0.4, -0.2) is 6.29 Å². The lowest BCUT2D eigenvalue weighted by molar-refractivity contribution is -0.134. The Morgan fingerprint density at radius 1 is 1.09 bits per heavy atom. The normalized spacial score (nSPS) is 11.8. The van der Waals surface area contributed by atoms with Crippen molar-refractivity contribution in [3.05, 3.63) is 33.5 Å². The average molecular weight is 346 g/mol. The predicted molar refractivity (Wildman–Crippen MR) is 85.9 cm³/mol. The largest absolute Gasteiger partial charge is 0.425 e. The van der Waals surface area contributed by atoms with Gasteiger partial charge >= 0.3 is 6.18 Å². The van der Waals surface area contributed by atoms with Crippen LogP contribution in [0.5, 0.6) is 0 Å². The van der Waals surface area contributed by atoms with Crippen LogP contribution in [0, 0.1) is 0 Å². The van der Waals surface area contributed by atoms with Gasteiger partial charge in [-0.3, -0.25) is 4.79 Å². The minimum absolute atomic E-state index is 0.379. The van der Waals surface area contributed by atoms with Gasteiger partial charge in [0.2, 0.25) is 0 Å². The molecule has 0 amide bonds. The number of thiophene rings is 2. The molecule has 2 heterocycles. The first kappa shape index (κ1) is 17.2. The lowest BCUT2D eigenvalue weighted by Gasteiger charge is -2.07. The fourth-order valence-corrected chi connectivity index (χ4v) is 4.25. The highest BCUT2D eigenvalue weighted by Gasteiger charge is 2.35. The molecule has 0 fully saturated rings. The number of aldehydes is 1. The molecule has 1 nitrogen and oxygen atoms in total. The Hall–Kier alpha value is -1.14. The molecule has 0 aromatic carbocycles. The maximum absolute atomic E-state index is 13.2. The van der Waals surface area contributed by atoms with Crippen molar-refractivity contribution < 1.29 is 18.0 Å². The second kappa shape index (κ2) is 7.42. The van der Waals surface area contributed by atoms with Crippen molar-refractivity contribution in [2.45, 2.75) is 45.2 Å². The van der Waals surface area contributed by atoms with Gasteiger partial charge in [0, 0.05) is 9.75 Å². The smallest absolute Gasteiger partial charge is 0.297 e. The summed E-state index contributed by atoms with van der Waals surface area (Å²) in [5.41, 5.74) is 0.379. The SMILES string of the molecule is CCCCCCc1cc(-c2ccc(C=O)s2)sc1C(F)(F)F. The van der Waals surface area contributed by atoms with Gasteiger partial charge in [-0.2, -0.15) is 13.2 Å². The topological polar surface area (TPSA) is 17.1 Å². The molecule has 2 aromatic rings. The van der Waals surface area contributed by atoms with Gasteiger partial charge in [-0.25, -0.2) is 0 Å². The van der Waals surface area contributed by atoms with E-state index in [2.05, 4.69) is 6.92 Å². The predicted octanol–water partition coefficient (Wildman–Crippen LogP) is 6.43. The Kier molecular flexibility index (Phi) is 5.81. The van der Waals surface area contributed by atoms with Gasteiger partial charge in [0.15, 0.2) is 6.29 Å². The van der Waals surface area contributed by atoms with Crippen LogP contribution >= 0.6 is 22.7 Å². The Morgan fingerprint density at radius 2 is 1.86 bits per heavy atom. The number of hydrogen-bond donors (Lipinski definition) is 0. The van der Waals surface area contributed by atoms with E-state index >= 15 is 0 Å². The summed E-state index contributed by atoms with van der Waals surface area (Å²) in [4.78, 5) is 12.1. The van der Waals surface area contributed by atoms with Crippen LogP contribution in [0.25, 0.3) is 9.75 Å². The zero-order valence-electron chi connectivity index (χ0n) is 12.2. The Balaban J connectivity index is 2.25. The van der Waals surface area contributed by atoms with E-state index < -0.39 is 11.1 Å². The van der Waals surface area contributed by atoms with Gasteiger partial charge < -0.3 is 0 Å². The van der Waals surface area contributed by atoms with E-state index in [1.165, 1.54) is 11.3 Å². The number of carbonyl (C=O) groups is 1. The molecule has 0 bridgehead atoms. The summed E-state index contributed by atoms with van der Waals surface area (Å²) in [5, 5.41) is 0. The summed E-state index contributed by atoms with van der Waals surface area (Å²) in [7, 11) is 0.